The fourth-order valence-corrected chi connectivity index (χ4v) is 3.24. The van der Waals surface area contributed by atoms with E-state index in [1.807, 2.05) is 20.8 Å². The second kappa shape index (κ2) is 3.91. The van der Waals surface area contributed by atoms with Crippen molar-refractivity contribution in [1.29, 1.82) is 0 Å². The van der Waals surface area contributed by atoms with Crippen LogP contribution >= 0.6 is 0 Å². The van der Waals surface area contributed by atoms with Gasteiger partial charge in [0.15, 0.2) is 0 Å². The zero-order valence-corrected chi connectivity index (χ0v) is 12.2. The van der Waals surface area contributed by atoms with E-state index in [1.54, 1.807) is 0 Å². The third-order valence-corrected chi connectivity index (χ3v) is 4.66. The Labute approximate surface area is 120 Å². The third-order valence-electron chi connectivity index (χ3n) is 4.66. The van der Waals surface area contributed by atoms with Crippen LogP contribution in [0.25, 0.3) is 0 Å². The average molecular weight is 305 g/mol. The Balaban J connectivity index is 1.86. The first kappa shape index (κ1) is 14.6. The molecule has 5 nitrogen and oxygen atoms in total. The maximum atomic E-state index is 13.3. The fraction of sp³-hybridized carbons (Fsp3) is 0.846. The predicted molar refractivity (Wildman–Crippen MR) is 67.8 cm³/mol. The lowest BCUT2D eigenvalue weighted by Crippen LogP contribution is -2.34. The smallest absolute Gasteiger partial charge is 0.396 e. The maximum Gasteiger partial charge on any atom is 0.396 e. The van der Waals surface area contributed by atoms with Gasteiger partial charge in [-0.2, -0.15) is 13.2 Å². The van der Waals surface area contributed by atoms with Crippen LogP contribution in [0.2, 0.25) is 0 Å². The van der Waals surface area contributed by atoms with Crippen molar-refractivity contribution in [3.05, 3.63) is 5.89 Å². The minimum Gasteiger partial charge on any atom is -0.407 e. The molecule has 2 heterocycles. The average Bonchev–Trinajstić information content (AvgIpc) is 2.77. The van der Waals surface area contributed by atoms with Gasteiger partial charge >= 0.3 is 12.2 Å². The Hall–Kier alpha value is -1.31. The number of aliphatic hydroxyl groups excluding tert-OH is 1. The van der Waals surface area contributed by atoms with Gasteiger partial charge in [0.2, 0.25) is 5.89 Å². The molecule has 1 aromatic heterocycles. The molecule has 2 aliphatic rings. The third kappa shape index (κ3) is 1.88. The quantitative estimate of drug-likeness (QED) is 0.907. The highest BCUT2D eigenvalue weighted by atomic mass is 19.4. The first-order valence-electron chi connectivity index (χ1n) is 6.81. The molecule has 1 N–H and O–H groups in total. The molecule has 0 amide bonds. The monoisotopic (exact) mass is 305 g/mol. The lowest BCUT2D eigenvalue weighted by molar-refractivity contribution is -0.192. The first-order chi connectivity index (χ1) is 9.55. The first-order valence-corrected chi connectivity index (χ1v) is 6.81. The molecule has 0 bridgehead atoms. The summed E-state index contributed by atoms with van der Waals surface area (Å²) in [5.41, 5.74) is -3.32. The number of aliphatic hydroxyl groups is 1. The van der Waals surface area contributed by atoms with Gasteiger partial charge in [0.1, 0.15) is 0 Å². The van der Waals surface area contributed by atoms with Crippen LogP contribution in [0.1, 0.15) is 33.1 Å². The summed E-state index contributed by atoms with van der Waals surface area (Å²) in [6.07, 6.45) is -4.37. The van der Waals surface area contributed by atoms with Gasteiger partial charge in [-0.3, -0.25) is 0 Å². The number of halogens is 3. The standard InChI is InChI=1S/C13H18F3N3O2/c1-10(2,3)8-17-18-9(21-8)19-5-11(7-20)4-12(11,6-19)13(14,15)16/h20H,4-7H2,1-3H3/t11-,12-/m1/s1. The van der Waals surface area contributed by atoms with Gasteiger partial charge in [0.05, 0.1) is 12.0 Å². The Morgan fingerprint density at radius 2 is 1.90 bits per heavy atom. The van der Waals surface area contributed by atoms with E-state index < -0.39 is 23.6 Å². The van der Waals surface area contributed by atoms with Crippen molar-refractivity contribution < 1.29 is 22.7 Å². The minimum absolute atomic E-state index is 0.0310. The molecule has 1 saturated heterocycles. The molecule has 0 aromatic carbocycles. The molecule has 1 aromatic rings. The highest BCUT2D eigenvalue weighted by Gasteiger charge is 2.83. The van der Waals surface area contributed by atoms with Crippen LogP contribution in [-0.2, 0) is 5.41 Å². The van der Waals surface area contributed by atoms with Gasteiger partial charge in [-0.1, -0.05) is 25.9 Å². The number of nitrogens with zero attached hydrogens (tertiary/aromatic N) is 3. The lowest BCUT2D eigenvalue weighted by atomic mass is 9.97. The molecule has 3 rings (SSSR count). The summed E-state index contributed by atoms with van der Waals surface area (Å²) >= 11 is 0. The summed E-state index contributed by atoms with van der Waals surface area (Å²) in [5.74, 6) is 0.386. The van der Waals surface area contributed by atoms with Crippen molar-refractivity contribution in [1.82, 2.24) is 10.2 Å². The highest BCUT2D eigenvalue weighted by Crippen LogP contribution is 2.74. The number of rotatable bonds is 2. The van der Waals surface area contributed by atoms with Crippen molar-refractivity contribution in [3.8, 4) is 0 Å². The topological polar surface area (TPSA) is 62.4 Å². The molecule has 8 heteroatoms. The van der Waals surface area contributed by atoms with E-state index in [9.17, 15) is 18.3 Å². The van der Waals surface area contributed by atoms with Gasteiger partial charge in [-0.25, -0.2) is 0 Å². The van der Waals surface area contributed by atoms with Crippen LogP contribution in [0, 0.1) is 10.8 Å². The number of aromatic nitrogens is 2. The SMILES string of the molecule is CC(C)(C)c1nnc(N2C[C@@]3(CO)C[C@@]3(C(F)(F)F)C2)o1. The summed E-state index contributed by atoms with van der Waals surface area (Å²) in [7, 11) is 0. The van der Waals surface area contributed by atoms with Crippen LogP contribution < -0.4 is 4.90 Å². The van der Waals surface area contributed by atoms with Crippen LogP contribution in [0.4, 0.5) is 19.2 Å². The van der Waals surface area contributed by atoms with Gasteiger partial charge in [0, 0.05) is 23.9 Å². The van der Waals surface area contributed by atoms with Crippen LogP contribution in [-0.4, -0.2) is 41.2 Å². The van der Waals surface area contributed by atoms with Gasteiger partial charge in [-0.15, -0.1) is 5.10 Å². The van der Waals surface area contributed by atoms with E-state index in [1.165, 1.54) is 4.90 Å². The van der Waals surface area contributed by atoms with E-state index in [0.717, 1.165) is 0 Å². The lowest BCUT2D eigenvalue weighted by Gasteiger charge is -2.20. The Morgan fingerprint density at radius 3 is 2.33 bits per heavy atom. The van der Waals surface area contributed by atoms with Crippen molar-refractivity contribution in [2.75, 3.05) is 24.6 Å². The second-order valence-electron chi connectivity index (χ2n) is 7.19. The van der Waals surface area contributed by atoms with Crippen molar-refractivity contribution in [2.45, 2.75) is 38.8 Å². The summed E-state index contributed by atoms with van der Waals surface area (Å²) in [5, 5.41) is 17.2. The summed E-state index contributed by atoms with van der Waals surface area (Å²) < 4.78 is 45.4. The van der Waals surface area contributed by atoms with Crippen LogP contribution in [0.3, 0.4) is 0 Å². The number of piperidine rings is 1. The van der Waals surface area contributed by atoms with E-state index in [4.69, 9.17) is 4.42 Å². The zero-order valence-electron chi connectivity index (χ0n) is 12.2. The molecular weight excluding hydrogens is 287 g/mol. The normalized spacial score (nSPS) is 32.4. The zero-order chi connectivity index (χ0) is 15.7. The van der Waals surface area contributed by atoms with Crippen LogP contribution in [0.15, 0.2) is 4.42 Å². The fourth-order valence-electron chi connectivity index (χ4n) is 3.24. The van der Waals surface area contributed by atoms with Gasteiger partial charge in [0.25, 0.3) is 0 Å². The number of alkyl halides is 3. The molecule has 118 valence electrons. The molecule has 21 heavy (non-hydrogen) atoms. The van der Waals surface area contributed by atoms with Crippen molar-refractivity contribution in [3.63, 3.8) is 0 Å². The van der Waals surface area contributed by atoms with Gasteiger partial charge in [-0.05, 0) is 6.42 Å². The molecule has 1 saturated carbocycles. The highest BCUT2D eigenvalue weighted by molar-refractivity contribution is 5.40. The van der Waals surface area contributed by atoms with Crippen LogP contribution in [0.5, 0.6) is 0 Å². The van der Waals surface area contributed by atoms with Gasteiger partial charge < -0.3 is 14.4 Å². The largest absolute Gasteiger partial charge is 0.407 e. The molecule has 2 fully saturated rings. The second-order valence-corrected chi connectivity index (χ2v) is 7.19. The summed E-state index contributed by atoms with van der Waals surface area (Å²) in [6, 6.07) is 0.101. The predicted octanol–water partition coefficient (Wildman–Crippen LogP) is 2.12. The molecule has 0 radical (unpaired) electrons. The number of anilines is 1. The number of hydrogen-bond donors (Lipinski definition) is 1. The molecule has 2 atom stereocenters. The minimum atomic E-state index is -4.34. The van der Waals surface area contributed by atoms with Crippen molar-refractivity contribution in [2.24, 2.45) is 10.8 Å². The molecule has 0 unspecified atom stereocenters. The molecule has 0 spiro atoms. The Bertz CT molecular complexity index is 566. The summed E-state index contributed by atoms with van der Waals surface area (Å²) in [4.78, 5) is 1.44. The number of hydrogen-bond acceptors (Lipinski definition) is 5. The molecule has 1 aliphatic carbocycles. The maximum absolute atomic E-state index is 13.3. The van der Waals surface area contributed by atoms with E-state index >= 15 is 0 Å². The Kier molecular flexibility index (Phi) is 2.72. The van der Waals surface area contributed by atoms with E-state index in [-0.39, 0.29) is 30.9 Å². The summed E-state index contributed by atoms with van der Waals surface area (Å²) in [6.45, 7) is 5.04. The van der Waals surface area contributed by atoms with E-state index in [0.29, 0.717) is 5.89 Å². The van der Waals surface area contributed by atoms with E-state index in [2.05, 4.69) is 10.2 Å². The number of fused-ring (bicyclic) bond motifs is 1. The molecule has 1 aliphatic heterocycles. The molecular formula is C13H18F3N3O2. The Morgan fingerprint density at radius 1 is 1.24 bits per heavy atom. The van der Waals surface area contributed by atoms with Crippen molar-refractivity contribution >= 4 is 6.01 Å².